The summed E-state index contributed by atoms with van der Waals surface area (Å²) in [6.07, 6.45) is 0. The Balaban J connectivity index is 2.12. The Labute approximate surface area is 170 Å². The van der Waals surface area contributed by atoms with Crippen LogP contribution in [0.15, 0.2) is 84.9 Å². The fourth-order valence-corrected chi connectivity index (χ4v) is 3.41. The summed E-state index contributed by atoms with van der Waals surface area (Å²) in [5.41, 5.74) is 7.80. The number of methoxy groups -OCH3 is 1. The fourth-order valence-electron chi connectivity index (χ4n) is 3.41. The number of nitrogens with zero attached hydrogens (tertiary/aromatic N) is 1. The van der Waals surface area contributed by atoms with Gasteiger partial charge in [0.2, 0.25) is 5.91 Å². The summed E-state index contributed by atoms with van der Waals surface area (Å²) < 4.78 is 5.33. The maximum absolute atomic E-state index is 13.5. The number of benzene rings is 3. The summed E-state index contributed by atoms with van der Waals surface area (Å²) in [6, 6.07) is 24.1. The van der Waals surface area contributed by atoms with E-state index in [1.165, 1.54) is 0 Å². The van der Waals surface area contributed by atoms with E-state index in [0.717, 1.165) is 5.56 Å². The minimum Gasteiger partial charge on any atom is -0.497 e. The van der Waals surface area contributed by atoms with Crippen LogP contribution in [-0.2, 0) is 4.79 Å². The predicted octanol–water partition coefficient (Wildman–Crippen LogP) is 4.13. The number of amides is 2. The van der Waals surface area contributed by atoms with E-state index in [2.05, 4.69) is 0 Å². The van der Waals surface area contributed by atoms with Gasteiger partial charge in [0.25, 0.3) is 5.91 Å². The van der Waals surface area contributed by atoms with Gasteiger partial charge in [-0.3, -0.25) is 9.59 Å². The number of hydrogen-bond acceptors (Lipinski definition) is 3. The topological polar surface area (TPSA) is 72.6 Å². The summed E-state index contributed by atoms with van der Waals surface area (Å²) in [7, 11) is 1.59. The normalized spacial score (nSPS) is 12.6. The van der Waals surface area contributed by atoms with E-state index in [-0.39, 0.29) is 5.91 Å². The van der Waals surface area contributed by atoms with Gasteiger partial charge < -0.3 is 15.4 Å². The van der Waals surface area contributed by atoms with Crippen LogP contribution in [0.3, 0.4) is 0 Å². The van der Waals surface area contributed by atoms with Gasteiger partial charge in [0, 0.05) is 5.56 Å². The molecule has 0 bridgehead atoms. The summed E-state index contributed by atoms with van der Waals surface area (Å²) in [5.74, 6) is -0.180. The highest BCUT2D eigenvalue weighted by molar-refractivity contribution is 5.98. The van der Waals surface area contributed by atoms with Crippen LogP contribution in [0.5, 0.6) is 5.75 Å². The molecule has 29 heavy (non-hydrogen) atoms. The Hall–Kier alpha value is -3.60. The molecule has 5 heteroatoms. The van der Waals surface area contributed by atoms with Gasteiger partial charge in [-0.05, 0) is 42.3 Å². The Kier molecular flexibility index (Phi) is 6.29. The van der Waals surface area contributed by atoms with Crippen molar-refractivity contribution in [2.45, 2.75) is 19.0 Å². The van der Waals surface area contributed by atoms with E-state index in [9.17, 15) is 9.59 Å². The average Bonchev–Trinajstić information content (AvgIpc) is 2.77. The molecule has 3 rings (SSSR count). The quantitative estimate of drug-likeness (QED) is 0.662. The highest BCUT2D eigenvalue weighted by atomic mass is 16.5. The van der Waals surface area contributed by atoms with Gasteiger partial charge >= 0.3 is 0 Å². The third-order valence-corrected chi connectivity index (χ3v) is 4.91. The van der Waals surface area contributed by atoms with Crippen LogP contribution >= 0.6 is 0 Å². The van der Waals surface area contributed by atoms with Crippen molar-refractivity contribution in [3.63, 3.8) is 0 Å². The molecule has 2 N–H and O–H groups in total. The first kappa shape index (κ1) is 20.1. The number of nitrogens with two attached hydrogens (primary N) is 1. The van der Waals surface area contributed by atoms with Gasteiger partial charge in [-0.15, -0.1) is 0 Å². The molecule has 0 radical (unpaired) electrons. The molecule has 0 heterocycles. The molecule has 2 amide bonds. The number of carbonyl (C=O) groups is 2. The lowest BCUT2D eigenvalue weighted by molar-refractivity contribution is -0.123. The minimum absolute atomic E-state index is 0.270. The fraction of sp³-hybridized carbons (Fsp3) is 0.167. The standard InChI is InChI=1S/C24H24N2O3/c1-17(20-14-9-15-21(16-20)29-2)26(24(28)19-12-7-4-8-13-19)22(23(25)27)18-10-5-3-6-11-18/h3-17,22H,1-2H3,(H2,25,27)/t17-,22-/m1/s1. The largest absolute Gasteiger partial charge is 0.497 e. The molecule has 0 saturated heterocycles. The number of hydrogen-bond donors (Lipinski definition) is 1. The molecule has 0 saturated carbocycles. The van der Waals surface area contributed by atoms with Gasteiger partial charge in [-0.25, -0.2) is 0 Å². The zero-order valence-corrected chi connectivity index (χ0v) is 16.5. The highest BCUT2D eigenvalue weighted by Crippen LogP contribution is 2.33. The second-order valence-electron chi connectivity index (χ2n) is 6.75. The lowest BCUT2D eigenvalue weighted by Gasteiger charge is -2.35. The second kappa shape index (κ2) is 9.06. The molecule has 3 aromatic rings. The molecule has 5 nitrogen and oxygen atoms in total. The molecule has 148 valence electrons. The van der Waals surface area contributed by atoms with Crippen LogP contribution in [0.2, 0.25) is 0 Å². The molecule has 0 aromatic heterocycles. The van der Waals surface area contributed by atoms with E-state index in [4.69, 9.17) is 10.5 Å². The van der Waals surface area contributed by atoms with Gasteiger partial charge in [-0.1, -0.05) is 60.7 Å². The zero-order valence-electron chi connectivity index (χ0n) is 16.5. The SMILES string of the molecule is COc1cccc([C@@H](C)N(C(=O)c2ccccc2)[C@@H](C(N)=O)c2ccccc2)c1. The summed E-state index contributed by atoms with van der Waals surface area (Å²) >= 11 is 0. The van der Waals surface area contributed by atoms with Gasteiger partial charge in [-0.2, -0.15) is 0 Å². The Morgan fingerprint density at radius 1 is 0.862 bits per heavy atom. The molecule has 0 aliphatic heterocycles. The van der Waals surface area contributed by atoms with Crippen LogP contribution in [0.1, 0.15) is 40.5 Å². The zero-order chi connectivity index (χ0) is 20.8. The minimum atomic E-state index is -0.912. The molecule has 0 aliphatic carbocycles. The van der Waals surface area contributed by atoms with Crippen LogP contribution < -0.4 is 10.5 Å². The first-order valence-electron chi connectivity index (χ1n) is 9.39. The molecule has 0 spiro atoms. The van der Waals surface area contributed by atoms with Crippen molar-refractivity contribution in [2.24, 2.45) is 5.73 Å². The third kappa shape index (κ3) is 4.46. The molecule has 0 fully saturated rings. The summed E-state index contributed by atoms with van der Waals surface area (Å²) in [5, 5.41) is 0. The summed E-state index contributed by atoms with van der Waals surface area (Å²) in [4.78, 5) is 27.6. The number of rotatable bonds is 7. The lowest BCUT2D eigenvalue weighted by atomic mass is 9.98. The Bertz CT molecular complexity index is 974. The van der Waals surface area contributed by atoms with Crippen LogP contribution in [-0.4, -0.2) is 23.8 Å². The van der Waals surface area contributed by atoms with E-state index >= 15 is 0 Å². The van der Waals surface area contributed by atoms with Gasteiger partial charge in [0.05, 0.1) is 13.2 Å². The first-order valence-corrected chi connectivity index (χ1v) is 9.39. The van der Waals surface area contributed by atoms with Crippen molar-refractivity contribution in [3.05, 3.63) is 102 Å². The predicted molar refractivity (Wildman–Crippen MR) is 112 cm³/mol. The molecule has 0 unspecified atom stereocenters. The first-order chi connectivity index (χ1) is 14.0. The van der Waals surface area contributed by atoms with E-state index < -0.39 is 18.0 Å². The monoisotopic (exact) mass is 388 g/mol. The lowest BCUT2D eigenvalue weighted by Crippen LogP contribution is -2.43. The van der Waals surface area contributed by atoms with Crippen LogP contribution in [0, 0.1) is 0 Å². The molecular formula is C24H24N2O3. The maximum atomic E-state index is 13.5. The van der Waals surface area contributed by atoms with Crippen molar-refractivity contribution in [2.75, 3.05) is 7.11 Å². The van der Waals surface area contributed by atoms with Gasteiger partial charge in [0.15, 0.2) is 0 Å². The third-order valence-electron chi connectivity index (χ3n) is 4.91. The average molecular weight is 388 g/mol. The van der Waals surface area contributed by atoms with E-state index in [1.54, 1.807) is 48.4 Å². The molecule has 3 aromatic carbocycles. The van der Waals surface area contributed by atoms with Gasteiger partial charge in [0.1, 0.15) is 11.8 Å². The van der Waals surface area contributed by atoms with Crippen molar-refractivity contribution in [3.8, 4) is 5.75 Å². The van der Waals surface area contributed by atoms with E-state index in [1.807, 2.05) is 55.5 Å². The van der Waals surface area contributed by atoms with Crippen molar-refractivity contribution in [1.82, 2.24) is 4.90 Å². The van der Waals surface area contributed by atoms with Crippen molar-refractivity contribution in [1.29, 1.82) is 0 Å². The van der Waals surface area contributed by atoms with Crippen molar-refractivity contribution >= 4 is 11.8 Å². The Morgan fingerprint density at radius 2 is 1.45 bits per heavy atom. The van der Waals surface area contributed by atoms with Crippen LogP contribution in [0.4, 0.5) is 0 Å². The van der Waals surface area contributed by atoms with Crippen molar-refractivity contribution < 1.29 is 14.3 Å². The molecular weight excluding hydrogens is 364 g/mol. The summed E-state index contributed by atoms with van der Waals surface area (Å²) in [6.45, 7) is 1.88. The molecule has 2 atom stereocenters. The Morgan fingerprint density at radius 3 is 2.03 bits per heavy atom. The second-order valence-corrected chi connectivity index (χ2v) is 6.75. The maximum Gasteiger partial charge on any atom is 0.255 e. The number of primary amides is 1. The van der Waals surface area contributed by atoms with E-state index in [0.29, 0.717) is 16.9 Å². The smallest absolute Gasteiger partial charge is 0.255 e. The van der Waals surface area contributed by atoms with Crippen LogP contribution in [0.25, 0.3) is 0 Å². The number of carbonyl (C=O) groups excluding carboxylic acids is 2. The molecule has 0 aliphatic rings. The highest BCUT2D eigenvalue weighted by Gasteiger charge is 2.34. The number of ether oxygens (including phenoxy) is 1.